The highest BCUT2D eigenvalue weighted by Gasteiger charge is 2.59. The lowest BCUT2D eigenvalue weighted by Gasteiger charge is -2.14. The van der Waals surface area contributed by atoms with Crippen molar-refractivity contribution in [1.29, 1.82) is 0 Å². The third kappa shape index (κ3) is 2.49. The van der Waals surface area contributed by atoms with E-state index in [1.807, 2.05) is 0 Å². The molecule has 0 radical (unpaired) electrons. The molecule has 0 bridgehead atoms. The largest absolute Gasteiger partial charge is 0.263 e. The van der Waals surface area contributed by atoms with Gasteiger partial charge in [-0.15, -0.1) is 0 Å². The molecular formula is C24H22N2. The first-order valence-corrected chi connectivity index (χ1v) is 9.41. The lowest BCUT2D eigenvalue weighted by atomic mass is 10.0. The lowest BCUT2D eigenvalue weighted by Crippen LogP contribution is -2.08. The number of hydrogen-bond acceptors (Lipinski definition) is 2. The van der Waals surface area contributed by atoms with E-state index >= 15 is 0 Å². The summed E-state index contributed by atoms with van der Waals surface area (Å²) in [5.74, 6) is 0. The normalized spacial score (nSPS) is 26.3. The Kier molecular flexibility index (Phi) is 3.72. The highest BCUT2D eigenvalue weighted by atomic mass is 15.5. The van der Waals surface area contributed by atoms with Crippen LogP contribution in [0.2, 0.25) is 0 Å². The molecule has 1 fully saturated rings. The van der Waals surface area contributed by atoms with Crippen LogP contribution in [-0.4, -0.2) is 16.7 Å². The molecule has 0 aliphatic carbocycles. The van der Waals surface area contributed by atoms with Crippen LogP contribution in [0.5, 0.6) is 0 Å². The summed E-state index contributed by atoms with van der Waals surface area (Å²) < 4.78 is 0. The Morgan fingerprint density at radius 2 is 1.38 bits per heavy atom. The van der Waals surface area contributed by atoms with Gasteiger partial charge in [-0.3, -0.25) is 9.89 Å². The van der Waals surface area contributed by atoms with Gasteiger partial charge >= 0.3 is 0 Å². The Bertz CT molecular complexity index is 929. The molecule has 0 spiro atoms. The van der Waals surface area contributed by atoms with E-state index in [0.717, 1.165) is 6.42 Å². The second kappa shape index (κ2) is 6.22. The van der Waals surface area contributed by atoms with Crippen molar-refractivity contribution in [3.05, 3.63) is 107 Å². The molecule has 2 nitrogen and oxygen atoms in total. The molecule has 3 aromatic rings. The van der Waals surface area contributed by atoms with Crippen molar-refractivity contribution < 1.29 is 0 Å². The van der Waals surface area contributed by atoms with Gasteiger partial charge < -0.3 is 0 Å². The van der Waals surface area contributed by atoms with Gasteiger partial charge in [0.1, 0.15) is 6.17 Å². The van der Waals surface area contributed by atoms with Gasteiger partial charge in [0.05, 0.1) is 17.8 Å². The van der Waals surface area contributed by atoms with E-state index < -0.39 is 0 Å². The second-order valence-electron chi connectivity index (χ2n) is 7.10. The number of aliphatic imine (C=N–C) groups is 1. The van der Waals surface area contributed by atoms with Crippen LogP contribution in [0.1, 0.15) is 41.4 Å². The van der Waals surface area contributed by atoms with Gasteiger partial charge in [0, 0.05) is 0 Å². The van der Waals surface area contributed by atoms with Crippen molar-refractivity contribution in [2.24, 2.45) is 4.99 Å². The van der Waals surface area contributed by atoms with Crippen LogP contribution in [-0.2, 0) is 6.42 Å². The molecule has 1 saturated heterocycles. The first-order chi connectivity index (χ1) is 12.9. The first-order valence-electron chi connectivity index (χ1n) is 9.41. The van der Waals surface area contributed by atoms with Crippen LogP contribution in [0.25, 0.3) is 0 Å². The van der Waals surface area contributed by atoms with Gasteiger partial charge in [-0.2, -0.15) is 0 Å². The molecule has 2 heterocycles. The number of benzene rings is 3. The molecule has 2 aliphatic rings. The summed E-state index contributed by atoms with van der Waals surface area (Å²) in [5, 5.41) is 0. The van der Waals surface area contributed by atoms with Gasteiger partial charge in [-0.05, 0) is 28.7 Å². The highest BCUT2D eigenvalue weighted by molar-refractivity contribution is 6.08. The number of rotatable bonds is 4. The second-order valence-corrected chi connectivity index (χ2v) is 7.10. The zero-order chi connectivity index (χ0) is 17.5. The van der Waals surface area contributed by atoms with Gasteiger partial charge in [0.15, 0.2) is 0 Å². The molecule has 2 heteroatoms. The average molecular weight is 338 g/mol. The van der Waals surface area contributed by atoms with Crippen LogP contribution in [0, 0.1) is 0 Å². The first kappa shape index (κ1) is 15.5. The summed E-state index contributed by atoms with van der Waals surface area (Å²) in [4.78, 5) is 7.65. The zero-order valence-electron chi connectivity index (χ0n) is 14.9. The topological polar surface area (TPSA) is 15.4 Å². The van der Waals surface area contributed by atoms with Crippen molar-refractivity contribution in [1.82, 2.24) is 4.90 Å². The van der Waals surface area contributed by atoms with Crippen LogP contribution < -0.4 is 0 Å². The van der Waals surface area contributed by atoms with Crippen LogP contribution in [0.4, 0.5) is 0 Å². The highest BCUT2D eigenvalue weighted by Crippen LogP contribution is 2.55. The molecule has 0 N–H and O–H groups in total. The minimum atomic E-state index is 0.118. The van der Waals surface area contributed by atoms with E-state index in [9.17, 15) is 0 Å². The van der Waals surface area contributed by atoms with Crippen molar-refractivity contribution in [3.8, 4) is 0 Å². The van der Waals surface area contributed by atoms with Crippen molar-refractivity contribution in [2.75, 3.05) is 0 Å². The molecule has 5 rings (SSSR count). The number of aryl methyl sites for hydroxylation is 1. The molecule has 0 aromatic heterocycles. The van der Waals surface area contributed by atoms with Gasteiger partial charge in [0.25, 0.3) is 0 Å². The molecular weight excluding hydrogens is 316 g/mol. The number of hydrogen-bond donors (Lipinski definition) is 0. The Morgan fingerprint density at radius 3 is 2.04 bits per heavy atom. The summed E-state index contributed by atoms with van der Waals surface area (Å²) in [6, 6.07) is 31.2. The fourth-order valence-electron chi connectivity index (χ4n) is 4.15. The van der Waals surface area contributed by atoms with E-state index in [2.05, 4.69) is 96.8 Å². The van der Waals surface area contributed by atoms with E-state index in [4.69, 9.17) is 4.99 Å². The van der Waals surface area contributed by atoms with Gasteiger partial charge in [-0.25, -0.2) is 0 Å². The predicted octanol–water partition coefficient (Wildman–Crippen LogP) is 5.18. The number of fused-ring (bicyclic) bond motifs is 1. The fraction of sp³-hybridized carbons (Fsp3) is 0.208. The quantitative estimate of drug-likeness (QED) is 0.599. The molecule has 4 unspecified atom stereocenters. The third-order valence-corrected chi connectivity index (χ3v) is 5.57. The predicted molar refractivity (Wildman–Crippen MR) is 106 cm³/mol. The summed E-state index contributed by atoms with van der Waals surface area (Å²) >= 11 is 0. The van der Waals surface area contributed by atoms with Gasteiger partial charge in [0.2, 0.25) is 0 Å². The Labute approximate surface area is 154 Å². The number of nitrogens with zero attached hydrogens (tertiary/aromatic N) is 2. The molecule has 4 atom stereocenters. The van der Waals surface area contributed by atoms with Gasteiger partial charge in [-0.1, -0.05) is 91.9 Å². The lowest BCUT2D eigenvalue weighted by molar-refractivity contribution is 0.404. The summed E-state index contributed by atoms with van der Waals surface area (Å²) in [7, 11) is 0. The Morgan fingerprint density at radius 1 is 0.731 bits per heavy atom. The standard InChI is InChI=1S/C24H22N2/c1-2-17-13-15-19(16-14-17)22-23-21(18-9-5-3-6-10-18)25-24(26(22)23)20-11-7-4-8-12-20/h3-16,22-24H,2H2,1H3. The SMILES string of the molecule is CCc1ccc(C2C3C(c4ccccc4)=NC(c4ccccc4)N32)cc1. The summed E-state index contributed by atoms with van der Waals surface area (Å²) in [6.45, 7) is 2.20. The smallest absolute Gasteiger partial charge is 0.129 e. The van der Waals surface area contributed by atoms with Crippen molar-refractivity contribution >= 4 is 5.71 Å². The van der Waals surface area contributed by atoms with E-state index in [-0.39, 0.29) is 6.17 Å². The summed E-state index contributed by atoms with van der Waals surface area (Å²) in [6.07, 6.45) is 1.20. The van der Waals surface area contributed by atoms with Crippen molar-refractivity contribution in [3.63, 3.8) is 0 Å². The summed E-state index contributed by atoms with van der Waals surface area (Å²) in [5.41, 5.74) is 6.54. The Hall–Kier alpha value is -2.71. The minimum Gasteiger partial charge on any atom is -0.263 e. The molecule has 128 valence electrons. The maximum atomic E-state index is 5.11. The van der Waals surface area contributed by atoms with E-state index in [0.29, 0.717) is 12.1 Å². The van der Waals surface area contributed by atoms with Crippen LogP contribution in [0.3, 0.4) is 0 Å². The zero-order valence-corrected chi connectivity index (χ0v) is 14.9. The molecule has 2 aliphatic heterocycles. The maximum absolute atomic E-state index is 5.11. The average Bonchev–Trinajstić information content (AvgIpc) is 3.33. The monoisotopic (exact) mass is 338 g/mol. The Balaban J connectivity index is 1.54. The third-order valence-electron chi connectivity index (χ3n) is 5.57. The van der Waals surface area contributed by atoms with E-state index in [1.54, 1.807) is 0 Å². The molecule has 3 aromatic carbocycles. The molecule has 0 amide bonds. The fourth-order valence-corrected chi connectivity index (χ4v) is 4.15. The van der Waals surface area contributed by atoms with Crippen LogP contribution in [0.15, 0.2) is 89.9 Å². The van der Waals surface area contributed by atoms with Crippen molar-refractivity contribution in [2.45, 2.75) is 31.6 Å². The van der Waals surface area contributed by atoms with Crippen LogP contribution >= 0.6 is 0 Å². The minimum absolute atomic E-state index is 0.118. The molecule has 0 saturated carbocycles. The molecule has 26 heavy (non-hydrogen) atoms. The maximum Gasteiger partial charge on any atom is 0.129 e. The van der Waals surface area contributed by atoms with E-state index in [1.165, 1.54) is 28.0 Å².